The van der Waals surface area contributed by atoms with E-state index in [2.05, 4.69) is 34.2 Å². The van der Waals surface area contributed by atoms with Crippen molar-refractivity contribution in [1.82, 2.24) is 14.9 Å². The predicted octanol–water partition coefficient (Wildman–Crippen LogP) is 4.01. The van der Waals surface area contributed by atoms with Crippen LogP contribution in [-0.4, -0.2) is 58.8 Å². The summed E-state index contributed by atoms with van der Waals surface area (Å²) < 4.78 is 11.3. The van der Waals surface area contributed by atoms with Crippen molar-refractivity contribution in [1.29, 1.82) is 0 Å². The highest BCUT2D eigenvalue weighted by Gasteiger charge is 2.23. The molecule has 33 heavy (non-hydrogen) atoms. The van der Waals surface area contributed by atoms with Crippen LogP contribution in [0.15, 0.2) is 54.9 Å². The molecule has 6 rings (SSSR count). The van der Waals surface area contributed by atoms with Gasteiger partial charge in [-0.25, -0.2) is 4.98 Å². The number of benzene rings is 2. The van der Waals surface area contributed by atoms with E-state index in [1.807, 2.05) is 12.3 Å². The molecular formula is C26H23N3O4. The highest BCUT2D eigenvalue weighted by Crippen LogP contribution is 2.40. The second-order valence-electron chi connectivity index (χ2n) is 8.35. The number of rotatable bonds is 3. The zero-order chi connectivity index (χ0) is 22.4. The van der Waals surface area contributed by atoms with Crippen molar-refractivity contribution >= 4 is 16.9 Å². The van der Waals surface area contributed by atoms with Gasteiger partial charge in [0.15, 0.2) is 0 Å². The smallest absolute Gasteiger partial charge is 0.257 e. The number of morpholine rings is 1. The molecule has 0 bridgehead atoms. The molecule has 0 spiro atoms. The van der Waals surface area contributed by atoms with Crippen LogP contribution in [0.3, 0.4) is 0 Å². The summed E-state index contributed by atoms with van der Waals surface area (Å²) in [5, 5.41) is 11.4. The summed E-state index contributed by atoms with van der Waals surface area (Å²) in [7, 11) is 0. The third-order valence-electron chi connectivity index (χ3n) is 6.39. The van der Waals surface area contributed by atoms with Crippen LogP contribution in [0.4, 0.5) is 0 Å². The number of amides is 1. The van der Waals surface area contributed by atoms with E-state index >= 15 is 0 Å². The Morgan fingerprint density at radius 2 is 1.91 bits per heavy atom. The normalized spacial score (nSPS) is 15.5. The van der Waals surface area contributed by atoms with E-state index in [1.54, 1.807) is 23.2 Å². The molecule has 2 aliphatic heterocycles. The number of H-pyrrole nitrogens is 1. The number of nitrogens with zero attached hydrogens (tertiary/aromatic N) is 2. The maximum atomic E-state index is 13.0. The summed E-state index contributed by atoms with van der Waals surface area (Å²) in [6.45, 7) is 2.76. The van der Waals surface area contributed by atoms with Crippen molar-refractivity contribution in [2.45, 2.75) is 6.42 Å². The Hall–Kier alpha value is -3.84. The number of phenolic OH excluding ortho intramolecular Hbond substituents is 1. The van der Waals surface area contributed by atoms with Crippen LogP contribution in [0.25, 0.3) is 33.3 Å². The Labute approximate surface area is 190 Å². The van der Waals surface area contributed by atoms with Crippen LogP contribution >= 0.6 is 0 Å². The van der Waals surface area contributed by atoms with E-state index in [0.29, 0.717) is 32.9 Å². The van der Waals surface area contributed by atoms with Crippen LogP contribution in [0.2, 0.25) is 0 Å². The first-order valence-electron chi connectivity index (χ1n) is 11.1. The van der Waals surface area contributed by atoms with Gasteiger partial charge in [-0.1, -0.05) is 24.3 Å². The maximum absolute atomic E-state index is 13.0. The number of para-hydroxylation sites is 1. The third-order valence-corrected chi connectivity index (χ3v) is 6.39. The van der Waals surface area contributed by atoms with Gasteiger partial charge in [0.1, 0.15) is 17.1 Å². The van der Waals surface area contributed by atoms with Crippen molar-refractivity contribution in [3.63, 3.8) is 0 Å². The average molecular weight is 441 g/mol. The number of aromatic hydroxyl groups is 1. The molecule has 0 saturated carbocycles. The molecule has 1 fully saturated rings. The summed E-state index contributed by atoms with van der Waals surface area (Å²) in [6, 6.07) is 13.4. The van der Waals surface area contributed by atoms with Gasteiger partial charge < -0.3 is 24.5 Å². The first-order chi connectivity index (χ1) is 16.2. The molecule has 1 saturated heterocycles. The summed E-state index contributed by atoms with van der Waals surface area (Å²) >= 11 is 0. The standard InChI is InChI=1S/C26H23N3O4/c30-23-5-4-17(12-21(23)26(31)29-7-10-32-11-8-29)18-13-20-22(15-28-25(20)27-14-18)19-3-1-2-16-6-9-33-24(16)19/h1-5,12-15,30H,6-11H2,(H,27,28). The number of aromatic amines is 1. The fraction of sp³-hybridized carbons (Fsp3) is 0.231. The van der Waals surface area contributed by atoms with Gasteiger partial charge in [0.25, 0.3) is 5.91 Å². The largest absolute Gasteiger partial charge is 0.507 e. The number of carbonyl (C=O) groups is 1. The van der Waals surface area contributed by atoms with E-state index in [1.165, 1.54) is 5.56 Å². The van der Waals surface area contributed by atoms with Crippen LogP contribution in [0.1, 0.15) is 15.9 Å². The molecule has 2 aromatic heterocycles. The van der Waals surface area contributed by atoms with Crippen LogP contribution in [0, 0.1) is 0 Å². The fourth-order valence-corrected chi connectivity index (χ4v) is 4.64. The van der Waals surface area contributed by atoms with Crippen molar-refractivity contribution in [2.75, 3.05) is 32.9 Å². The Bertz CT molecular complexity index is 1370. The van der Waals surface area contributed by atoms with Gasteiger partial charge in [0, 0.05) is 54.0 Å². The lowest BCUT2D eigenvalue weighted by Gasteiger charge is -2.27. The van der Waals surface area contributed by atoms with Gasteiger partial charge in [0.05, 0.1) is 25.4 Å². The zero-order valence-electron chi connectivity index (χ0n) is 18.0. The van der Waals surface area contributed by atoms with E-state index in [-0.39, 0.29) is 17.2 Å². The lowest BCUT2D eigenvalue weighted by molar-refractivity contribution is 0.0301. The van der Waals surface area contributed by atoms with Crippen molar-refractivity contribution in [3.05, 3.63) is 66.0 Å². The third kappa shape index (κ3) is 3.41. The van der Waals surface area contributed by atoms with E-state index < -0.39 is 0 Å². The lowest BCUT2D eigenvalue weighted by Crippen LogP contribution is -2.40. The number of hydrogen-bond donors (Lipinski definition) is 2. The Balaban J connectivity index is 1.41. The molecule has 2 aromatic carbocycles. The minimum absolute atomic E-state index is 0.0244. The number of aromatic nitrogens is 2. The molecule has 0 aliphatic carbocycles. The first kappa shape index (κ1) is 19.8. The van der Waals surface area contributed by atoms with Gasteiger partial charge in [-0.3, -0.25) is 4.79 Å². The van der Waals surface area contributed by atoms with E-state index in [0.717, 1.165) is 45.5 Å². The molecule has 0 atom stereocenters. The Kier molecular flexibility index (Phi) is 4.77. The number of ether oxygens (including phenoxy) is 2. The summed E-state index contributed by atoms with van der Waals surface area (Å²) in [5.41, 5.74) is 6.06. The number of pyridine rings is 1. The molecule has 2 N–H and O–H groups in total. The molecule has 4 aromatic rings. The summed E-state index contributed by atoms with van der Waals surface area (Å²) in [4.78, 5) is 22.6. The van der Waals surface area contributed by atoms with Gasteiger partial charge in [-0.2, -0.15) is 0 Å². The molecule has 1 amide bonds. The molecule has 7 heteroatoms. The van der Waals surface area contributed by atoms with E-state index in [4.69, 9.17) is 9.47 Å². The minimum Gasteiger partial charge on any atom is -0.507 e. The fourth-order valence-electron chi connectivity index (χ4n) is 4.64. The molecule has 166 valence electrons. The molecule has 0 unspecified atom stereocenters. The maximum Gasteiger partial charge on any atom is 0.257 e. The second-order valence-corrected chi connectivity index (χ2v) is 8.35. The van der Waals surface area contributed by atoms with Crippen molar-refractivity contribution < 1.29 is 19.4 Å². The monoisotopic (exact) mass is 441 g/mol. The van der Waals surface area contributed by atoms with Gasteiger partial charge >= 0.3 is 0 Å². The molecule has 7 nitrogen and oxygen atoms in total. The highest BCUT2D eigenvalue weighted by molar-refractivity contribution is 6.00. The number of fused-ring (bicyclic) bond motifs is 2. The Morgan fingerprint density at radius 1 is 1.03 bits per heavy atom. The SMILES string of the molecule is O=C(c1cc(-c2cnc3[nH]cc(-c4cccc5c4OCC5)c3c2)ccc1O)N1CCOCC1. The number of carbonyl (C=O) groups excluding carboxylic acids is 1. The molecule has 0 radical (unpaired) electrons. The summed E-state index contributed by atoms with van der Waals surface area (Å²) in [5.74, 6) is 0.724. The predicted molar refractivity (Wildman–Crippen MR) is 125 cm³/mol. The van der Waals surface area contributed by atoms with E-state index in [9.17, 15) is 9.90 Å². The summed E-state index contributed by atoms with van der Waals surface area (Å²) in [6.07, 6.45) is 4.66. The van der Waals surface area contributed by atoms with Crippen molar-refractivity contribution in [3.8, 4) is 33.8 Å². The molecular weight excluding hydrogens is 418 g/mol. The minimum atomic E-state index is -0.189. The Morgan fingerprint density at radius 3 is 2.79 bits per heavy atom. The van der Waals surface area contributed by atoms with Crippen LogP contribution in [-0.2, 0) is 11.2 Å². The topological polar surface area (TPSA) is 87.7 Å². The average Bonchev–Trinajstić information content (AvgIpc) is 3.51. The second kappa shape index (κ2) is 7.94. The highest BCUT2D eigenvalue weighted by atomic mass is 16.5. The lowest BCUT2D eigenvalue weighted by atomic mass is 9.98. The van der Waals surface area contributed by atoms with Crippen molar-refractivity contribution in [2.24, 2.45) is 0 Å². The van der Waals surface area contributed by atoms with Gasteiger partial charge in [-0.05, 0) is 29.3 Å². The first-order valence-corrected chi connectivity index (χ1v) is 11.1. The van der Waals surface area contributed by atoms with Crippen LogP contribution < -0.4 is 4.74 Å². The quantitative estimate of drug-likeness (QED) is 0.502. The molecule has 4 heterocycles. The van der Waals surface area contributed by atoms with Crippen LogP contribution in [0.5, 0.6) is 11.5 Å². The zero-order valence-corrected chi connectivity index (χ0v) is 18.0. The number of phenols is 1. The number of hydrogen-bond acceptors (Lipinski definition) is 5. The van der Waals surface area contributed by atoms with Gasteiger partial charge in [0.2, 0.25) is 0 Å². The number of nitrogens with one attached hydrogen (secondary N) is 1. The molecule has 2 aliphatic rings. The van der Waals surface area contributed by atoms with Gasteiger partial charge in [-0.15, -0.1) is 0 Å².